The Balaban J connectivity index is 1.67. The summed E-state index contributed by atoms with van der Waals surface area (Å²) in [5, 5.41) is 3.04. The van der Waals surface area contributed by atoms with Crippen molar-refractivity contribution in [2.24, 2.45) is 5.73 Å². The van der Waals surface area contributed by atoms with Crippen molar-refractivity contribution in [3.8, 4) is 17.2 Å². The number of hydrogen-bond donors (Lipinski definition) is 2. The van der Waals surface area contributed by atoms with Gasteiger partial charge >= 0.3 is 6.18 Å². The van der Waals surface area contributed by atoms with Gasteiger partial charge in [0.2, 0.25) is 5.89 Å². The molecule has 3 heterocycles. The smallest absolute Gasteiger partial charge is 0.433 e. The van der Waals surface area contributed by atoms with E-state index in [1.807, 2.05) is 0 Å². The van der Waals surface area contributed by atoms with Crippen LogP contribution in [-0.2, 0) is 11.0 Å². The van der Waals surface area contributed by atoms with Gasteiger partial charge in [0.25, 0.3) is 11.8 Å². The molecule has 4 rings (SSSR count). The van der Waals surface area contributed by atoms with Crippen LogP contribution in [0, 0.1) is 0 Å². The molecule has 0 unspecified atom stereocenters. The second-order valence-corrected chi connectivity index (χ2v) is 9.61. The second kappa shape index (κ2) is 9.86. The molecule has 3 aromatic rings. The fourth-order valence-electron chi connectivity index (χ4n) is 4.31. The third-order valence-corrected chi connectivity index (χ3v) is 6.16. The van der Waals surface area contributed by atoms with Crippen LogP contribution in [0.3, 0.4) is 0 Å². The zero-order valence-electron chi connectivity index (χ0n) is 21.1. The number of nitrogens with zero attached hydrogens (tertiary/aromatic N) is 3. The van der Waals surface area contributed by atoms with Gasteiger partial charge in [-0.25, -0.2) is 14.4 Å². The highest BCUT2D eigenvalue weighted by Gasteiger charge is 2.37. The molecule has 2 aromatic heterocycles. The topological polar surface area (TPSA) is 124 Å². The number of fused-ring (bicyclic) bond motifs is 1. The van der Waals surface area contributed by atoms with Crippen molar-refractivity contribution in [3.05, 3.63) is 41.4 Å². The number of rotatable bonds is 6. The Morgan fingerprint density at radius 3 is 2.50 bits per heavy atom. The minimum atomic E-state index is -4.66. The number of benzene rings is 1. The Bertz CT molecular complexity index is 1380. The summed E-state index contributed by atoms with van der Waals surface area (Å²) in [6.07, 6.45) is -4.24. The molecule has 9 nitrogen and oxygen atoms in total. The molecule has 0 saturated carbocycles. The van der Waals surface area contributed by atoms with E-state index >= 15 is 0 Å². The van der Waals surface area contributed by atoms with Gasteiger partial charge in [0.05, 0.1) is 13.2 Å². The molecule has 0 radical (unpaired) electrons. The number of pyridine rings is 1. The summed E-state index contributed by atoms with van der Waals surface area (Å²) in [4.78, 5) is 34.8. The van der Waals surface area contributed by atoms with Crippen LogP contribution in [0.5, 0.6) is 5.75 Å². The molecule has 1 saturated heterocycles. The monoisotopic (exact) mass is 537 g/mol. The highest BCUT2D eigenvalue weighted by Crippen LogP contribution is 2.37. The quantitative estimate of drug-likeness (QED) is 0.456. The van der Waals surface area contributed by atoms with Gasteiger partial charge in [-0.15, -0.1) is 0 Å². The maximum absolute atomic E-state index is 14.1. The van der Waals surface area contributed by atoms with Gasteiger partial charge < -0.3 is 25.1 Å². The molecule has 1 aliphatic rings. The molecule has 3 N–H and O–H groups in total. The third-order valence-electron chi connectivity index (χ3n) is 6.16. The zero-order valence-corrected chi connectivity index (χ0v) is 21.1. The van der Waals surface area contributed by atoms with Crippen LogP contribution in [-0.4, -0.2) is 58.6 Å². The van der Waals surface area contributed by atoms with E-state index in [1.165, 1.54) is 44.1 Å². The van der Waals surface area contributed by atoms with Crippen molar-refractivity contribution in [3.63, 3.8) is 0 Å². The number of likely N-dealkylation sites (tertiary alicyclic amines) is 1. The van der Waals surface area contributed by atoms with Gasteiger partial charge in [-0.3, -0.25) is 9.59 Å². The predicted octanol–water partition coefficient (Wildman–Crippen LogP) is 4.02. The summed E-state index contributed by atoms with van der Waals surface area (Å²) in [6.45, 7) is 4.35. The highest BCUT2D eigenvalue weighted by atomic mass is 19.4. The number of aromatic nitrogens is 2. The Kier molecular flexibility index (Phi) is 7.08. The molecule has 1 aromatic carbocycles. The number of carbonyl (C=O) groups is 2. The van der Waals surface area contributed by atoms with Crippen molar-refractivity contribution in [2.75, 3.05) is 20.2 Å². The summed E-state index contributed by atoms with van der Waals surface area (Å²) in [5.41, 5.74) is 3.02. The molecule has 1 aliphatic heterocycles. The van der Waals surface area contributed by atoms with Gasteiger partial charge in [0.1, 0.15) is 17.0 Å². The third kappa shape index (κ3) is 5.28. The van der Waals surface area contributed by atoms with Crippen LogP contribution in [0.1, 0.15) is 55.2 Å². The average molecular weight is 538 g/mol. The Morgan fingerprint density at radius 1 is 1.18 bits per heavy atom. The molecule has 38 heavy (non-hydrogen) atoms. The summed E-state index contributed by atoms with van der Waals surface area (Å²) in [5.74, 6) is -1.14. The Labute approximate surface area is 215 Å². The summed E-state index contributed by atoms with van der Waals surface area (Å²) >= 11 is 0. The van der Waals surface area contributed by atoms with Gasteiger partial charge in [-0.1, -0.05) is 0 Å². The van der Waals surface area contributed by atoms with Crippen molar-refractivity contribution in [1.29, 1.82) is 0 Å². The molecule has 2 atom stereocenters. The van der Waals surface area contributed by atoms with Crippen molar-refractivity contribution in [2.45, 2.75) is 51.1 Å². The fourth-order valence-corrected chi connectivity index (χ4v) is 4.31. The largest absolute Gasteiger partial charge is 0.494 e. The van der Waals surface area contributed by atoms with Crippen molar-refractivity contribution >= 4 is 22.7 Å². The summed E-state index contributed by atoms with van der Waals surface area (Å²) < 4.78 is 64.9. The molecule has 0 aliphatic carbocycles. The van der Waals surface area contributed by atoms with E-state index in [9.17, 15) is 27.2 Å². The lowest BCUT2D eigenvalue weighted by molar-refractivity contribution is -0.141. The van der Waals surface area contributed by atoms with E-state index in [1.54, 1.807) is 6.92 Å². The number of methoxy groups -OCH3 is 1. The summed E-state index contributed by atoms with van der Waals surface area (Å²) in [7, 11) is 1.31. The van der Waals surface area contributed by atoms with Gasteiger partial charge in [0, 0.05) is 30.1 Å². The first kappa shape index (κ1) is 27.3. The average Bonchev–Trinajstić information content (AvgIpc) is 3.49. The second-order valence-electron chi connectivity index (χ2n) is 9.61. The Hall–Kier alpha value is -3.74. The van der Waals surface area contributed by atoms with E-state index in [0.29, 0.717) is 6.42 Å². The van der Waals surface area contributed by atoms with E-state index in [0.717, 1.165) is 6.07 Å². The molecule has 204 valence electrons. The SMILES string of the molecule is COc1ccc(-c2nc(C(=O)N[C@@H]3CCN(C(=O)C(C)(C)F)C3)c([C@H](C)N)o2)c2ccc(C(F)(F)F)nc12. The normalized spacial score (nSPS) is 17.1. The van der Waals surface area contributed by atoms with E-state index in [4.69, 9.17) is 14.9 Å². The molecule has 0 spiro atoms. The molecular formula is C25H27F4N5O4. The van der Waals surface area contributed by atoms with E-state index < -0.39 is 41.4 Å². The minimum absolute atomic E-state index is 0.0425. The molecule has 1 fully saturated rings. The fraction of sp³-hybridized carbons (Fsp3) is 0.440. The lowest BCUT2D eigenvalue weighted by Crippen LogP contribution is -2.44. The number of amides is 2. The van der Waals surface area contributed by atoms with Crippen LogP contribution < -0.4 is 15.8 Å². The van der Waals surface area contributed by atoms with Crippen molar-refractivity contribution in [1.82, 2.24) is 20.2 Å². The molecule has 0 bridgehead atoms. The first-order chi connectivity index (χ1) is 17.7. The van der Waals surface area contributed by atoms with Crippen LogP contribution in [0.4, 0.5) is 17.6 Å². The predicted molar refractivity (Wildman–Crippen MR) is 129 cm³/mol. The Morgan fingerprint density at radius 2 is 1.89 bits per heavy atom. The van der Waals surface area contributed by atoms with Crippen LogP contribution in [0.25, 0.3) is 22.4 Å². The maximum Gasteiger partial charge on any atom is 0.433 e. The lowest BCUT2D eigenvalue weighted by Gasteiger charge is -2.22. The first-order valence-corrected chi connectivity index (χ1v) is 11.8. The van der Waals surface area contributed by atoms with Gasteiger partial charge in [-0.2, -0.15) is 13.2 Å². The molecule has 2 amide bonds. The molecular weight excluding hydrogens is 510 g/mol. The van der Waals surface area contributed by atoms with Gasteiger partial charge in [-0.05, 0) is 51.5 Å². The first-order valence-electron chi connectivity index (χ1n) is 11.8. The zero-order chi connectivity index (χ0) is 28.0. The minimum Gasteiger partial charge on any atom is -0.494 e. The number of oxazole rings is 1. The van der Waals surface area contributed by atoms with Crippen LogP contribution in [0.15, 0.2) is 28.7 Å². The number of nitrogens with two attached hydrogens (primary N) is 1. The highest BCUT2D eigenvalue weighted by molar-refractivity contribution is 5.98. The number of hydrogen-bond acceptors (Lipinski definition) is 7. The number of alkyl halides is 4. The standard InChI is InChI=1S/C25H27F4N5O4/c1-12(30)20-19(21(35)31-13-9-10-34(11-13)23(36)24(2,3)26)33-22(38-20)15-5-7-16(37-4)18-14(15)6-8-17(32-18)25(27,28)29/h5-8,12-13H,9-11,30H2,1-4H3,(H,31,35)/t12-,13+/m0/s1. The lowest BCUT2D eigenvalue weighted by atomic mass is 10.1. The van der Waals surface area contributed by atoms with E-state index in [2.05, 4.69) is 15.3 Å². The number of ether oxygens (including phenoxy) is 1. The number of nitrogens with one attached hydrogen (secondary N) is 1. The van der Waals surface area contributed by atoms with Gasteiger partial charge in [0.15, 0.2) is 17.1 Å². The van der Waals surface area contributed by atoms with E-state index in [-0.39, 0.29) is 52.7 Å². The summed E-state index contributed by atoms with van der Waals surface area (Å²) in [6, 6.07) is 3.84. The maximum atomic E-state index is 14.1. The van der Waals surface area contributed by atoms with Crippen LogP contribution in [0.2, 0.25) is 0 Å². The number of carbonyl (C=O) groups excluding carboxylic acids is 2. The van der Waals surface area contributed by atoms with Crippen LogP contribution >= 0.6 is 0 Å². The molecule has 13 heteroatoms. The number of halogens is 4. The van der Waals surface area contributed by atoms with Crippen molar-refractivity contribution < 1.29 is 36.3 Å².